The lowest BCUT2D eigenvalue weighted by atomic mass is 10.1. The van der Waals surface area contributed by atoms with E-state index in [2.05, 4.69) is 10.6 Å². The maximum Gasteiger partial charge on any atom is 0.250 e. The summed E-state index contributed by atoms with van der Waals surface area (Å²) in [6, 6.07) is 7.71. The third-order valence-corrected chi connectivity index (χ3v) is 3.46. The van der Waals surface area contributed by atoms with Crippen LogP contribution in [0.4, 0.5) is 0 Å². The largest absolute Gasteiger partial charge is 0.366 e. The van der Waals surface area contributed by atoms with Crippen LogP contribution in [0.1, 0.15) is 12.5 Å². The molecule has 1 aromatic carbocycles. The van der Waals surface area contributed by atoms with Gasteiger partial charge in [0.2, 0.25) is 0 Å². The third kappa shape index (κ3) is 4.20. The number of ether oxygens (including phenoxy) is 1. The molecule has 1 aromatic rings. The van der Waals surface area contributed by atoms with Gasteiger partial charge in [0.15, 0.2) is 0 Å². The van der Waals surface area contributed by atoms with Crippen molar-refractivity contribution in [2.75, 3.05) is 19.7 Å². The number of benzene rings is 1. The van der Waals surface area contributed by atoms with E-state index in [0.717, 1.165) is 17.1 Å². The van der Waals surface area contributed by atoms with E-state index in [9.17, 15) is 4.79 Å². The van der Waals surface area contributed by atoms with E-state index in [-0.39, 0.29) is 18.1 Å². The first-order valence-corrected chi connectivity index (χ1v) is 6.90. The standard InChI is InChI=1S/C14H19ClN2O2/c1-10(8-11-4-2-3-5-12(11)15)17-14(18)13-9-16-6-7-19-13/h2-5,10,13,16H,6-9H2,1H3,(H,17,18). The first-order chi connectivity index (χ1) is 9.16. The smallest absolute Gasteiger partial charge is 0.250 e. The number of carbonyl (C=O) groups is 1. The molecule has 0 bridgehead atoms. The van der Waals surface area contributed by atoms with Gasteiger partial charge in [0, 0.05) is 24.2 Å². The molecule has 2 rings (SSSR count). The molecule has 1 aliphatic rings. The highest BCUT2D eigenvalue weighted by atomic mass is 35.5. The molecule has 1 heterocycles. The average molecular weight is 283 g/mol. The van der Waals surface area contributed by atoms with E-state index in [0.29, 0.717) is 19.6 Å². The van der Waals surface area contributed by atoms with Gasteiger partial charge in [-0.05, 0) is 25.0 Å². The fourth-order valence-electron chi connectivity index (χ4n) is 2.11. The van der Waals surface area contributed by atoms with Crippen LogP contribution in [0.15, 0.2) is 24.3 Å². The second kappa shape index (κ2) is 6.89. The van der Waals surface area contributed by atoms with Crippen LogP contribution in [0.2, 0.25) is 5.02 Å². The minimum absolute atomic E-state index is 0.0259. The molecule has 104 valence electrons. The van der Waals surface area contributed by atoms with Crippen LogP contribution < -0.4 is 10.6 Å². The lowest BCUT2D eigenvalue weighted by Gasteiger charge is -2.24. The van der Waals surface area contributed by atoms with Crippen molar-refractivity contribution in [1.82, 2.24) is 10.6 Å². The zero-order valence-electron chi connectivity index (χ0n) is 11.0. The van der Waals surface area contributed by atoms with Gasteiger partial charge in [0.1, 0.15) is 6.10 Å². The van der Waals surface area contributed by atoms with Crippen LogP contribution in [-0.2, 0) is 16.0 Å². The minimum Gasteiger partial charge on any atom is -0.366 e. The van der Waals surface area contributed by atoms with E-state index in [1.165, 1.54) is 0 Å². The summed E-state index contributed by atoms with van der Waals surface area (Å²) in [4.78, 5) is 12.0. The van der Waals surface area contributed by atoms with Crippen LogP contribution in [0, 0.1) is 0 Å². The minimum atomic E-state index is -0.387. The average Bonchev–Trinajstić information content (AvgIpc) is 2.42. The van der Waals surface area contributed by atoms with Crippen LogP contribution in [0.3, 0.4) is 0 Å². The van der Waals surface area contributed by atoms with Gasteiger partial charge >= 0.3 is 0 Å². The second-order valence-electron chi connectivity index (χ2n) is 4.77. The summed E-state index contributed by atoms with van der Waals surface area (Å²) in [5.74, 6) is -0.0632. The molecule has 2 atom stereocenters. The summed E-state index contributed by atoms with van der Waals surface area (Å²) in [5, 5.41) is 6.84. The van der Waals surface area contributed by atoms with E-state index >= 15 is 0 Å². The summed E-state index contributed by atoms with van der Waals surface area (Å²) in [5.41, 5.74) is 1.04. The molecular formula is C14H19ClN2O2. The highest BCUT2D eigenvalue weighted by Crippen LogP contribution is 2.16. The van der Waals surface area contributed by atoms with Gasteiger partial charge in [-0.15, -0.1) is 0 Å². The van der Waals surface area contributed by atoms with E-state index < -0.39 is 0 Å². The first kappa shape index (κ1) is 14.3. The van der Waals surface area contributed by atoms with Crippen LogP contribution >= 0.6 is 11.6 Å². The Hall–Kier alpha value is -1.10. The number of carbonyl (C=O) groups excluding carboxylic acids is 1. The molecule has 0 radical (unpaired) electrons. The normalized spacial score (nSPS) is 20.8. The summed E-state index contributed by atoms with van der Waals surface area (Å²) < 4.78 is 5.41. The first-order valence-electron chi connectivity index (χ1n) is 6.53. The molecule has 1 aliphatic heterocycles. The van der Waals surface area contributed by atoms with Gasteiger partial charge in [0.25, 0.3) is 5.91 Å². The molecule has 0 aromatic heterocycles. The van der Waals surface area contributed by atoms with Gasteiger partial charge in [-0.3, -0.25) is 4.79 Å². The maximum absolute atomic E-state index is 12.0. The Morgan fingerprint density at radius 1 is 1.58 bits per heavy atom. The Bertz CT molecular complexity index is 433. The Balaban J connectivity index is 1.85. The SMILES string of the molecule is CC(Cc1ccccc1Cl)NC(=O)C1CNCCO1. The molecule has 19 heavy (non-hydrogen) atoms. The van der Waals surface area contributed by atoms with Gasteiger partial charge in [-0.2, -0.15) is 0 Å². The van der Waals surface area contributed by atoms with Crippen molar-refractivity contribution in [1.29, 1.82) is 0 Å². The molecular weight excluding hydrogens is 264 g/mol. The maximum atomic E-state index is 12.0. The molecule has 0 aliphatic carbocycles. The molecule has 2 unspecified atom stereocenters. The van der Waals surface area contributed by atoms with Gasteiger partial charge in [-0.25, -0.2) is 0 Å². The third-order valence-electron chi connectivity index (χ3n) is 3.09. The highest BCUT2D eigenvalue weighted by molar-refractivity contribution is 6.31. The molecule has 1 amide bonds. The molecule has 0 saturated carbocycles. The Morgan fingerprint density at radius 2 is 2.37 bits per heavy atom. The van der Waals surface area contributed by atoms with Crippen molar-refractivity contribution in [3.8, 4) is 0 Å². The van der Waals surface area contributed by atoms with E-state index in [1.54, 1.807) is 0 Å². The van der Waals surface area contributed by atoms with Crippen LogP contribution in [0.5, 0.6) is 0 Å². The van der Waals surface area contributed by atoms with Crippen molar-refractivity contribution in [3.05, 3.63) is 34.9 Å². The molecule has 1 fully saturated rings. The van der Waals surface area contributed by atoms with Gasteiger partial charge < -0.3 is 15.4 Å². The summed E-state index contributed by atoms with van der Waals surface area (Å²) in [7, 11) is 0. The number of hydrogen-bond donors (Lipinski definition) is 2. The Morgan fingerprint density at radius 3 is 3.05 bits per heavy atom. The topological polar surface area (TPSA) is 50.4 Å². The predicted molar refractivity (Wildman–Crippen MR) is 75.4 cm³/mol. The van der Waals surface area contributed by atoms with Crippen LogP contribution in [-0.4, -0.2) is 37.7 Å². The molecule has 1 saturated heterocycles. The number of amides is 1. The van der Waals surface area contributed by atoms with Crippen molar-refractivity contribution in [3.63, 3.8) is 0 Å². The van der Waals surface area contributed by atoms with Crippen LogP contribution in [0.25, 0.3) is 0 Å². The lowest BCUT2D eigenvalue weighted by molar-refractivity contribution is -0.134. The zero-order valence-corrected chi connectivity index (χ0v) is 11.7. The summed E-state index contributed by atoms with van der Waals surface area (Å²) in [6.45, 7) is 3.93. The summed E-state index contributed by atoms with van der Waals surface area (Å²) >= 11 is 6.11. The van der Waals surface area contributed by atoms with Gasteiger partial charge in [0.05, 0.1) is 6.61 Å². The number of rotatable bonds is 4. The predicted octanol–water partition coefficient (Wildman–Crippen LogP) is 1.38. The van der Waals surface area contributed by atoms with Gasteiger partial charge in [-0.1, -0.05) is 29.8 Å². The van der Waals surface area contributed by atoms with E-state index in [1.807, 2.05) is 31.2 Å². The molecule has 4 nitrogen and oxygen atoms in total. The molecule has 0 spiro atoms. The highest BCUT2D eigenvalue weighted by Gasteiger charge is 2.22. The van der Waals surface area contributed by atoms with Crippen molar-refractivity contribution < 1.29 is 9.53 Å². The number of morpholine rings is 1. The number of nitrogens with one attached hydrogen (secondary N) is 2. The molecule has 2 N–H and O–H groups in total. The quantitative estimate of drug-likeness (QED) is 0.877. The monoisotopic (exact) mass is 282 g/mol. The lowest BCUT2D eigenvalue weighted by Crippen LogP contribution is -2.50. The van der Waals surface area contributed by atoms with Crippen molar-refractivity contribution >= 4 is 17.5 Å². The fraction of sp³-hybridized carbons (Fsp3) is 0.500. The Labute approximate surface area is 118 Å². The van der Waals surface area contributed by atoms with Crippen molar-refractivity contribution in [2.24, 2.45) is 0 Å². The number of hydrogen-bond acceptors (Lipinski definition) is 3. The molecule has 5 heteroatoms. The fourth-order valence-corrected chi connectivity index (χ4v) is 2.33. The Kier molecular flexibility index (Phi) is 5.19. The number of halogens is 1. The summed E-state index contributed by atoms with van der Waals surface area (Å²) in [6.07, 6.45) is 0.327. The second-order valence-corrected chi connectivity index (χ2v) is 5.18. The zero-order chi connectivity index (χ0) is 13.7. The van der Waals surface area contributed by atoms with Crippen molar-refractivity contribution in [2.45, 2.75) is 25.5 Å². The van der Waals surface area contributed by atoms with E-state index in [4.69, 9.17) is 16.3 Å².